The van der Waals surface area contributed by atoms with Crippen molar-refractivity contribution in [3.8, 4) is 16.9 Å². The molecule has 0 aliphatic carbocycles. The van der Waals surface area contributed by atoms with Crippen molar-refractivity contribution < 1.29 is 29.0 Å². The number of methoxy groups -OCH3 is 1. The van der Waals surface area contributed by atoms with Crippen LogP contribution in [0.5, 0.6) is 5.75 Å². The molecule has 2 aromatic carbocycles. The second-order valence-electron chi connectivity index (χ2n) is 8.07. The van der Waals surface area contributed by atoms with Crippen LogP contribution in [-0.4, -0.2) is 83.5 Å². The number of ketones is 1. The second-order valence-corrected chi connectivity index (χ2v) is 8.07. The first-order valence-corrected chi connectivity index (χ1v) is 10.6. The number of likely N-dealkylation sites (N-methyl/N-ethyl adjacent to an activating group) is 1. The van der Waals surface area contributed by atoms with Gasteiger partial charge in [-0.15, -0.1) is 0 Å². The number of urea groups is 1. The molecule has 0 saturated carbocycles. The summed E-state index contributed by atoms with van der Waals surface area (Å²) in [4.78, 5) is 50.0. The number of hydrogen-bond acceptors (Lipinski definition) is 5. The van der Waals surface area contributed by atoms with E-state index in [-0.39, 0.29) is 29.6 Å². The summed E-state index contributed by atoms with van der Waals surface area (Å²) in [6.45, 7) is 3.82. The number of carboxylic acid groups (broad SMARTS) is 1. The summed E-state index contributed by atoms with van der Waals surface area (Å²) in [5.74, 6) is -1.78. The Bertz CT molecular complexity index is 1180. The van der Waals surface area contributed by atoms with Crippen LogP contribution < -0.4 is 15.4 Å². The molecule has 1 unspecified atom stereocenters. The molecule has 1 aliphatic heterocycles. The summed E-state index contributed by atoms with van der Waals surface area (Å²) in [7, 11) is 2.98. The Morgan fingerprint density at radius 3 is 2.46 bits per heavy atom. The molecule has 0 bridgehead atoms. The van der Waals surface area contributed by atoms with Crippen molar-refractivity contribution in [1.29, 1.82) is 0 Å². The number of nitrogens with zero attached hydrogens (tertiary/aromatic N) is 1. The van der Waals surface area contributed by atoms with Gasteiger partial charge in [0.2, 0.25) is 0 Å². The van der Waals surface area contributed by atoms with Gasteiger partial charge in [0.1, 0.15) is 5.75 Å². The Kier molecular flexibility index (Phi) is 9.64. The van der Waals surface area contributed by atoms with Crippen molar-refractivity contribution in [1.82, 2.24) is 15.5 Å². The van der Waals surface area contributed by atoms with E-state index in [1.165, 1.54) is 31.3 Å². The van der Waals surface area contributed by atoms with E-state index in [9.17, 15) is 24.3 Å². The molecule has 3 N–H and O–H groups in total. The SMILES string of the molecule is COc1cc(-c2ccccc2C)c(C)c([C@H](CC(=O)O)NC(=O)NC2C(=O)C=CN(C)C2=O)c1.[NaH]. The molecule has 0 radical (unpaired) electrons. The molecular weight excluding hydrogens is 461 g/mol. The van der Waals surface area contributed by atoms with Gasteiger partial charge >= 0.3 is 41.6 Å². The zero-order valence-corrected chi connectivity index (χ0v) is 19.4. The third kappa shape index (κ3) is 6.50. The normalized spacial score (nSPS) is 15.8. The third-order valence-corrected chi connectivity index (χ3v) is 5.77. The van der Waals surface area contributed by atoms with E-state index >= 15 is 0 Å². The Morgan fingerprint density at radius 1 is 1.14 bits per heavy atom. The number of carboxylic acids is 1. The van der Waals surface area contributed by atoms with Gasteiger partial charge in [-0.2, -0.15) is 0 Å². The number of nitrogens with one attached hydrogen (secondary N) is 2. The van der Waals surface area contributed by atoms with Gasteiger partial charge in [0, 0.05) is 19.3 Å². The molecule has 9 nitrogen and oxygen atoms in total. The number of carbonyl (C=O) groups excluding carboxylic acids is 3. The number of benzene rings is 2. The van der Waals surface area contributed by atoms with Crippen molar-refractivity contribution in [2.45, 2.75) is 32.4 Å². The van der Waals surface area contributed by atoms with Crippen molar-refractivity contribution in [3.05, 3.63) is 65.4 Å². The maximum absolute atomic E-state index is 12.8. The van der Waals surface area contributed by atoms with Crippen molar-refractivity contribution >= 4 is 53.2 Å². The van der Waals surface area contributed by atoms with Crippen molar-refractivity contribution in [3.63, 3.8) is 0 Å². The van der Waals surface area contributed by atoms with Gasteiger partial charge in [0.05, 0.1) is 19.6 Å². The third-order valence-electron chi connectivity index (χ3n) is 5.77. The number of rotatable bonds is 7. The van der Waals surface area contributed by atoms with E-state index in [4.69, 9.17) is 4.74 Å². The van der Waals surface area contributed by atoms with Gasteiger partial charge in [0.25, 0.3) is 5.91 Å². The summed E-state index contributed by atoms with van der Waals surface area (Å²) >= 11 is 0. The number of amides is 3. The first-order valence-electron chi connectivity index (χ1n) is 10.6. The zero-order chi connectivity index (χ0) is 25.0. The van der Waals surface area contributed by atoms with E-state index in [1.807, 2.05) is 44.2 Å². The monoisotopic (exact) mass is 489 g/mol. The average Bonchev–Trinajstić information content (AvgIpc) is 2.79. The fourth-order valence-corrected chi connectivity index (χ4v) is 3.90. The Balaban J connectivity index is 0.00000432. The van der Waals surface area contributed by atoms with Gasteiger partial charge in [-0.25, -0.2) is 4.79 Å². The van der Waals surface area contributed by atoms with E-state index in [1.54, 1.807) is 6.07 Å². The molecular formula is C25H28N3NaO6. The standard InChI is InChI=1S/C25H27N3O6.Na.H/c1-14-7-5-6-8-17(14)18-11-16(34-4)12-19(15(18)2)20(13-22(30)31)26-25(33)27-23-21(29)9-10-28(3)24(23)32;;/h5-12,20,23H,13H2,1-4H3,(H,30,31)(H2,26,27,33);;/t20-,23?;;/m0../s1. The molecule has 0 spiro atoms. The van der Waals surface area contributed by atoms with Gasteiger partial charge in [0.15, 0.2) is 11.8 Å². The van der Waals surface area contributed by atoms with Crippen LogP contribution in [0.15, 0.2) is 48.7 Å². The van der Waals surface area contributed by atoms with Gasteiger partial charge in [-0.3, -0.25) is 14.4 Å². The molecule has 0 aromatic heterocycles. The van der Waals surface area contributed by atoms with Crippen LogP contribution in [0.1, 0.15) is 29.2 Å². The molecule has 35 heavy (non-hydrogen) atoms. The topological polar surface area (TPSA) is 125 Å². The molecule has 1 heterocycles. The van der Waals surface area contributed by atoms with Crippen LogP contribution >= 0.6 is 0 Å². The fraction of sp³-hybridized carbons (Fsp3) is 0.280. The molecule has 180 valence electrons. The second kappa shape index (κ2) is 12.0. The number of aliphatic carboxylic acids is 1. The van der Waals surface area contributed by atoms with Gasteiger partial charge < -0.3 is 25.4 Å². The fourth-order valence-electron chi connectivity index (χ4n) is 3.90. The molecule has 10 heteroatoms. The van der Waals surface area contributed by atoms with Crippen LogP contribution in [0.25, 0.3) is 11.1 Å². The van der Waals surface area contributed by atoms with Crippen molar-refractivity contribution in [2.75, 3.05) is 14.2 Å². The van der Waals surface area contributed by atoms with E-state index in [0.717, 1.165) is 22.3 Å². The summed E-state index contributed by atoms with van der Waals surface area (Å²) in [6.07, 6.45) is 2.10. The zero-order valence-electron chi connectivity index (χ0n) is 19.4. The summed E-state index contributed by atoms with van der Waals surface area (Å²) in [6, 6.07) is 8.14. The maximum atomic E-state index is 12.8. The Labute approximate surface area is 225 Å². The average molecular weight is 490 g/mol. The van der Waals surface area contributed by atoms with E-state index in [2.05, 4.69) is 10.6 Å². The van der Waals surface area contributed by atoms with E-state index in [0.29, 0.717) is 11.3 Å². The molecule has 0 saturated heterocycles. The molecule has 3 amide bonds. The van der Waals surface area contributed by atoms with E-state index < -0.39 is 42.2 Å². The molecule has 0 fully saturated rings. The minimum absolute atomic E-state index is 0. The molecule has 2 aromatic rings. The summed E-state index contributed by atoms with van der Waals surface area (Å²) in [5, 5.41) is 14.5. The summed E-state index contributed by atoms with van der Waals surface area (Å²) < 4.78 is 5.46. The Morgan fingerprint density at radius 2 is 1.83 bits per heavy atom. The number of aryl methyl sites for hydroxylation is 1. The molecule has 3 rings (SSSR count). The number of carbonyl (C=O) groups is 4. The van der Waals surface area contributed by atoms with Crippen LogP contribution in [-0.2, 0) is 14.4 Å². The first kappa shape index (κ1) is 28.1. The van der Waals surface area contributed by atoms with Crippen LogP contribution in [0.2, 0.25) is 0 Å². The molecule has 1 aliphatic rings. The van der Waals surface area contributed by atoms with Crippen molar-refractivity contribution in [2.24, 2.45) is 0 Å². The predicted octanol–water partition coefficient (Wildman–Crippen LogP) is 2.07. The predicted molar refractivity (Wildman–Crippen MR) is 132 cm³/mol. The van der Waals surface area contributed by atoms with Crippen LogP contribution in [0, 0.1) is 13.8 Å². The minimum atomic E-state index is -1.38. The Hall–Kier alpha value is -3.14. The molecule has 2 atom stereocenters. The van der Waals surface area contributed by atoms with Gasteiger partial charge in [-0.1, -0.05) is 24.3 Å². The van der Waals surface area contributed by atoms with Gasteiger partial charge in [-0.05, 0) is 53.8 Å². The number of hydrogen-bond donors (Lipinski definition) is 3. The van der Waals surface area contributed by atoms with Crippen LogP contribution in [0.4, 0.5) is 4.79 Å². The quantitative estimate of drug-likeness (QED) is 0.404. The first-order chi connectivity index (χ1) is 16.1. The summed E-state index contributed by atoms with van der Waals surface area (Å²) in [5.41, 5.74) is 4.14. The number of ether oxygens (including phenoxy) is 1. The van der Waals surface area contributed by atoms with Crippen LogP contribution in [0.3, 0.4) is 0 Å².